The van der Waals surface area contributed by atoms with E-state index in [-0.39, 0.29) is 17.6 Å². The van der Waals surface area contributed by atoms with Crippen molar-refractivity contribution < 1.29 is 9.59 Å². The van der Waals surface area contributed by atoms with Crippen LogP contribution in [0.15, 0.2) is 47.4 Å². The summed E-state index contributed by atoms with van der Waals surface area (Å²) >= 11 is 13.3. The van der Waals surface area contributed by atoms with Gasteiger partial charge in [0.25, 0.3) is 0 Å². The number of carbonyl (C=O) groups is 2. The Balaban J connectivity index is 1.96. The predicted molar refractivity (Wildman–Crippen MR) is 101 cm³/mol. The molecule has 4 nitrogen and oxygen atoms in total. The highest BCUT2D eigenvalue weighted by atomic mass is 35.5. The first-order chi connectivity index (χ1) is 11.5. The van der Waals surface area contributed by atoms with Gasteiger partial charge in [-0.2, -0.15) is 0 Å². The average Bonchev–Trinajstić information content (AvgIpc) is 2.57. The number of benzene rings is 2. The molecule has 0 radical (unpaired) electrons. The number of amides is 2. The summed E-state index contributed by atoms with van der Waals surface area (Å²) in [5.41, 5.74) is 1.05. The van der Waals surface area contributed by atoms with E-state index in [0.717, 1.165) is 4.90 Å². The zero-order valence-corrected chi connectivity index (χ0v) is 15.3. The fraction of sp³-hybridized carbons (Fsp3) is 0.176. The van der Waals surface area contributed by atoms with Gasteiger partial charge in [0.05, 0.1) is 16.5 Å². The van der Waals surface area contributed by atoms with Gasteiger partial charge in [0.2, 0.25) is 11.8 Å². The molecule has 0 saturated carbocycles. The second kappa shape index (κ2) is 8.97. The summed E-state index contributed by atoms with van der Waals surface area (Å²) in [7, 11) is 0. The topological polar surface area (TPSA) is 58.2 Å². The van der Waals surface area contributed by atoms with Crippen molar-refractivity contribution in [2.45, 2.75) is 18.2 Å². The third-order valence-corrected chi connectivity index (χ3v) is 4.62. The molecular formula is C17H16Cl2N2O2S. The lowest BCUT2D eigenvalue weighted by Crippen LogP contribution is -2.15. The van der Waals surface area contributed by atoms with E-state index in [2.05, 4.69) is 10.6 Å². The van der Waals surface area contributed by atoms with Gasteiger partial charge in [-0.05, 0) is 42.5 Å². The van der Waals surface area contributed by atoms with Gasteiger partial charge in [0.1, 0.15) is 0 Å². The Morgan fingerprint density at radius 1 is 1.00 bits per heavy atom. The summed E-state index contributed by atoms with van der Waals surface area (Å²) in [6.07, 6.45) is 0.377. The van der Waals surface area contributed by atoms with E-state index in [1.165, 1.54) is 11.8 Å². The van der Waals surface area contributed by atoms with Gasteiger partial charge in [-0.15, -0.1) is 11.8 Å². The van der Waals surface area contributed by atoms with Gasteiger partial charge in [-0.25, -0.2) is 0 Å². The summed E-state index contributed by atoms with van der Waals surface area (Å²) in [4.78, 5) is 24.5. The number of anilines is 2. The summed E-state index contributed by atoms with van der Waals surface area (Å²) in [6.45, 7) is 1.77. The van der Waals surface area contributed by atoms with E-state index >= 15 is 0 Å². The first kappa shape index (κ1) is 18.6. The molecule has 0 fully saturated rings. The molecule has 2 N–H and O–H groups in total. The van der Waals surface area contributed by atoms with Crippen molar-refractivity contribution >= 4 is 58.2 Å². The van der Waals surface area contributed by atoms with Crippen molar-refractivity contribution in [3.05, 3.63) is 52.5 Å². The summed E-state index contributed by atoms with van der Waals surface area (Å²) < 4.78 is 0. The minimum Gasteiger partial charge on any atom is -0.326 e. The molecule has 2 rings (SSSR count). The van der Waals surface area contributed by atoms with Crippen molar-refractivity contribution in [2.24, 2.45) is 0 Å². The molecule has 126 valence electrons. The normalized spacial score (nSPS) is 10.3. The van der Waals surface area contributed by atoms with Gasteiger partial charge >= 0.3 is 0 Å². The Morgan fingerprint density at radius 3 is 2.38 bits per heavy atom. The number of carbonyl (C=O) groups excluding carboxylic acids is 2. The van der Waals surface area contributed by atoms with E-state index in [9.17, 15) is 9.59 Å². The monoisotopic (exact) mass is 382 g/mol. The van der Waals surface area contributed by atoms with Crippen LogP contribution < -0.4 is 10.6 Å². The maximum absolute atomic E-state index is 12.1. The van der Waals surface area contributed by atoms with Gasteiger partial charge in [-0.1, -0.05) is 30.1 Å². The van der Waals surface area contributed by atoms with Crippen molar-refractivity contribution in [3.8, 4) is 0 Å². The molecule has 0 aliphatic rings. The Kier molecular flexibility index (Phi) is 6.97. The highest BCUT2D eigenvalue weighted by Gasteiger charge is 2.09. The predicted octanol–water partition coefficient (Wildman–Crippen LogP) is 5.07. The maximum Gasteiger partial charge on any atom is 0.234 e. The summed E-state index contributed by atoms with van der Waals surface area (Å²) in [6, 6.07) is 12.2. The second-order valence-corrected chi connectivity index (χ2v) is 6.78. The van der Waals surface area contributed by atoms with Crippen LogP contribution in [-0.2, 0) is 9.59 Å². The van der Waals surface area contributed by atoms with Crippen molar-refractivity contribution in [2.75, 3.05) is 16.4 Å². The van der Waals surface area contributed by atoms with Crippen LogP contribution in [0.5, 0.6) is 0 Å². The number of rotatable bonds is 6. The summed E-state index contributed by atoms with van der Waals surface area (Å²) in [5, 5.41) is 6.55. The molecule has 0 atom stereocenters. The molecule has 0 saturated heterocycles. The van der Waals surface area contributed by atoms with Crippen LogP contribution in [-0.4, -0.2) is 17.6 Å². The minimum atomic E-state index is -0.184. The second-order valence-electron chi connectivity index (χ2n) is 4.89. The molecule has 0 aliphatic heterocycles. The largest absolute Gasteiger partial charge is 0.326 e. The molecule has 2 amide bonds. The fourth-order valence-electron chi connectivity index (χ4n) is 1.81. The lowest BCUT2D eigenvalue weighted by atomic mass is 10.2. The Hall–Kier alpha value is -1.69. The smallest absolute Gasteiger partial charge is 0.234 e. The standard InChI is InChI=1S/C17H16Cl2N2O2S/c1-2-16(22)20-12-5-8-14(19)15(9-12)21-17(23)10-24-13-6-3-11(18)4-7-13/h3-9H,2,10H2,1H3,(H,20,22)(H,21,23). The molecule has 0 bridgehead atoms. The molecule has 7 heteroatoms. The van der Waals surface area contributed by atoms with Gasteiger partial charge in [0, 0.05) is 22.0 Å². The van der Waals surface area contributed by atoms with E-state index in [0.29, 0.717) is 27.8 Å². The van der Waals surface area contributed by atoms with Crippen LogP contribution in [0.3, 0.4) is 0 Å². The number of hydrogen-bond donors (Lipinski definition) is 2. The van der Waals surface area contributed by atoms with Gasteiger partial charge < -0.3 is 10.6 Å². The number of hydrogen-bond acceptors (Lipinski definition) is 3. The van der Waals surface area contributed by atoms with Crippen molar-refractivity contribution in [1.82, 2.24) is 0 Å². The quantitative estimate of drug-likeness (QED) is 0.685. The molecule has 0 aromatic heterocycles. The Bertz CT molecular complexity index is 736. The first-order valence-electron chi connectivity index (χ1n) is 7.25. The Morgan fingerprint density at radius 2 is 1.71 bits per heavy atom. The van der Waals surface area contributed by atoms with E-state index in [4.69, 9.17) is 23.2 Å². The minimum absolute atomic E-state index is 0.104. The molecule has 0 aliphatic carbocycles. The highest BCUT2D eigenvalue weighted by Crippen LogP contribution is 2.26. The molecule has 2 aromatic rings. The highest BCUT2D eigenvalue weighted by molar-refractivity contribution is 8.00. The molecular weight excluding hydrogens is 367 g/mol. The number of halogens is 2. The van der Waals surface area contributed by atoms with Crippen molar-refractivity contribution in [1.29, 1.82) is 0 Å². The third-order valence-electron chi connectivity index (χ3n) is 3.03. The van der Waals surface area contributed by atoms with E-state index in [1.54, 1.807) is 37.3 Å². The van der Waals surface area contributed by atoms with Crippen LogP contribution in [0.4, 0.5) is 11.4 Å². The van der Waals surface area contributed by atoms with Crippen LogP contribution in [0.25, 0.3) is 0 Å². The van der Waals surface area contributed by atoms with Gasteiger partial charge in [-0.3, -0.25) is 9.59 Å². The van der Waals surface area contributed by atoms with E-state index < -0.39 is 0 Å². The summed E-state index contributed by atoms with van der Waals surface area (Å²) in [5.74, 6) is -0.0486. The molecule has 2 aromatic carbocycles. The third kappa shape index (κ3) is 5.74. The average molecular weight is 383 g/mol. The zero-order chi connectivity index (χ0) is 17.5. The number of nitrogens with one attached hydrogen (secondary N) is 2. The first-order valence-corrected chi connectivity index (χ1v) is 8.99. The van der Waals surface area contributed by atoms with Crippen LogP contribution >= 0.6 is 35.0 Å². The van der Waals surface area contributed by atoms with E-state index in [1.807, 2.05) is 12.1 Å². The van der Waals surface area contributed by atoms with Crippen LogP contribution in [0.2, 0.25) is 10.0 Å². The van der Waals surface area contributed by atoms with Crippen LogP contribution in [0.1, 0.15) is 13.3 Å². The molecule has 24 heavy (non-hydrogen) atoms. The SMILES string of the molecule is CCC(=O)Nc1ccc(Cl)c(NC(=O)CSc2ccc(Cl)cc2)c1. The Labute approximate surface area is 154 Å². The van der Waals surface area contributed by atoms with Crippen LogP contribution in [0, 0.1) is 0 Å². The molecule has 0 unspecified atom stereocenters. The van der Waals surface area contributed by atoms with Crippen molar-refractivity contribution in [3.63, 3.8) is 0 Å². The van der Waals surface area contributed by atoms with Gasteiger partial charge in [0.15, 0.2) is 0 Å². The lowest BCUT2D eigenvalue weighted by molar-refractivity contribution is -0.116. The number of thioether (sulfide) groups is 1. The molecule has 0 spiro atoms. The molecule has 0 heterocycles. The zero-order valence-electron chi connectivity index (χ0n) is 12.9. The maximum atomic E-state index is 12.1. The fourth-order valence-corrected chi connectivity index (χ4v) is 2.80. The lowest BCUT2D eigenvalue weighted by Gasteiger charge is -2.10.